The fourth-order valence-corrected chi connectivity index (χ4v) is 2.36. The van der Waals surface area contributed by atoms with Crippen LogP contribution in [0.15, 0.2) is 11.6 Å². The van der Waals surface area contributed by atoms with Crippen LogP contribution in [0.25, 0.3) is 0 Å². The van der Waals surface area contributed by atoms with Gasteiger partial charge in [-0.05, 0) is 39.7 Å². The van der Waals surface area contributed by atoms with Gasteiger partial charge >= 0.3 is 0 Å². The lowest BCUT2D eigenvalue weighted by molar-refractivity contribution is 0.0949. The molecule has 0 bridgehead atoms. The molecule has 2 heteroatoms. The van der Waals surface area contributed by atoms with Crippen LogP contribution in [0.2, 0.25) is 0 Å². The highest BCUT2D eigenvalue weighted by Crippen LogP contribution is 2.21. The minimum absolute atomic E-state index is 0.265. The van der Waals surface area contributed by atoms with Crippen LogP contribution < -0.4 is 5.32 Å². The number of rotatable bonds is 4. The second-order valence-electron chi connectivity index (χ2n) is 4.44. The SMILES string of the molecule is CNC(C1=CCCCCCC1)C(C)OC. The van der Waals surface area contributed by atoms with Crippen LogP contribution in [0.4, 0.5) is 0 Å². The molecule has 0 spiro atoms. The number of allylic oxidation sites excluding steroid dienone is 1. The number of methoxy groups -OCH3 is 1. The molecule has 0 heterocycles. The van der Waals surface area contributed by atoms with Gasteiger partial charge in [0.1, 0.15) is 0 Å². The van der Waals surface area contributed by atoms with Crippen molar-refractivity contribution in [2.45, 2.75) is 57.6 Å². The van der Waals surface area contributed by atoms with E-state index in [0.717, 1.165) is 0 Å². The predicted octanol–water partition coefficient (Wildman–Crippen LogP) is 2.89. The summed E-state index contributed by atoms with van der Waals surface area (Å²) in [5.41, 5.74) is 1.55. The molecule has 2 nitrogen and oxygen atoms in total. The second-order valence-corrected chi connectivity index (χ2v) is 4.44. The summed E-state index contributed by atoms with van der Waals surface area (Å²) in [6.45, 7) is 2.14. The molecule has 2 unspecified atom stereocenters. The smallest absolute Gasteiger partial charge is 0.0734 e. The molecule has 1 aliphatic rings. The first kappa shape index (κ1) is 12.7. The number of ether oxygens (including phenoxy) is 1. The summed E-state index contributed by atoms with van der Waals surface area (Å²) >= 11 is 0. The van der Waals surface area contributed by atoms with Gasteiger partial charge in [0.15, 0.2) is 0 Å². The maximum Gasteiger partial charge on any atom is 0.0734 e. The van der Waals surface area contributed by atoms with Gasteiger partial charge in [0.25, 0.3) is 0 Å². The van der Waals surface area contributed by atoms with E-state index in [4.69, 9.17) is 4.74 Å². The molecule has 1 aliphatic carbocycles. The highest BCUT2D eigenvalue weighted by Gasteiger charge is 2.19. The molecule has 0 aliphatic heterocycles. The summed E-state index contributed by atoms with van der Waals surface area (Å²) in [5, 5.41) is 3.38. The van der Waals surface area contributed by atoms with E-state index in [0.29, 0.717) is 6.04 Å². The van der Waals surface area contributed by atoms with E-state index >= 15 is 0 Å². The first-order chi connectivity index (χ1) is 7.29. The molecule has 1 rings (SSSR count). The Kier molecular flexibility index (Phi) is 5.96. The third-order valence-corrected chi connectivity index (χ3v) is 3.38. The largest absolute Gasteiger partial charge is 0.380 e. The van der Waals surface area contributed by atoms with E-state index in [1.54, 1.807) is 12.7 Å². The van der Waals surface area contributed by atoms with Crippen LogP contribution in [-0.2, 0) is 4.74 Å². The summed E-state index contributed by atoms with van der Waals surface area (Å²) in [6.07, 6.45) is 10.6. The number of nitrogens with one attached hydrogen (secondary N) is 1. The third kappa shape index (κ3) is 3.96. The minimum atomic E-state index is 0.265. The standard InChI is InChI=1S/C13H25NO/c1-11(15-3)13(14-2)12-9-7-5-4-6-8-10-12/h9,11,13-14H,4-8,10H2,1-3H3. The summed E-state index contributed by atoms with van der Waals surface area (Å²) in [7, 11) is 3.82. The Hall–Kier alpha value is -0.340. The van der Waals surface area contributed by atoms with Gasteiger partial charge in [-0.25, -0.2) is 0 Å². The normalized spacial score (nSPS) is 22.5. The molecule has 0 amide bonds. The molecule has 0 saturated carbocycles. The van der Waals surface area contributed by atoms with Crippen molar-refractivity contribution < 1.29 is 4.74 Å². The van der Waals surface area contributed by atoms with Crippen LogP contribution in [0.1, 0.15) is 45.4 Å². The number of hydrogen-bond acceptors (Lipinski definition) is 2. The molecule has 0 fully saturated rings. The van der Waals surface area contributed by atoms with E-state index in [9.17, 15) is 0 Å². The zero-order chi connectivity index (χ0) is 11.1. The molecular formula is C13H25NO. The van der Waals surface area contributed by atoms with Gasteiger partial charge < -0.3 is 10.1 Å². The first-order valence-corrected chi connectivity index (χ1v) is 6.18. The van der Waals surface area contributed by atoms with Gasteiger partial charge in [-0.3, -0.25) is 0 Å². The van der Waals surface area contributed by atoms with Crippen molar-refractivity contribution >= 4 is 0 Å². The fraction of sp³-hybridized carbons (Fsp3) is 0.846. The summed E-state index contributed by atoms with van der Waals surface area (Å²) in [5.74, 6) is 0. The van der Waals surface area contributed by atoms with Crippen molar-refractivity contribution in [3.8, 4) is 0 Å². The van der Waals surface area contributed by atoms with Gasteiger partial charge in [-0.15, -0.1) is 0 Å². The quantitative estimate of drug-likeness (QED) is 0.722. The Labute approximate surface area is 94.1 Å². The summed E-state index contributed by atoms with van der Waals surface area (Å²) < 4.78 is 5.43. The third-order valence-electron chi connectivity index (χ3n) is 3.38. The van der Waals surface area contributed by atoms with E-state index in [-0.39, 0.29) is 6.10 Å². The van der Waals surface area contributed by atoms with E-state index in [1.165, 1.54) is 38.5 Å². The van der Waals surface area contributed by atoms with Crippen molar-refractivity contribution in [2.75, 3.05) is 14.2 Å². The number of likely N-dealkylation sites (N-methyl/N-ethyl adjacent to an activating group) is 1. The Morgan fingerprint density at radius 3 is 2.67 bits per heavy atom. The van der Waals surface area contributed by atoms with Crippen LogP contribution in [0.5, 0.6) is 0 Å². The lowest BCUT2D eigenvalue weighted by Gasteiger charge is -2.26. The Bertz CT molecular complexity index is 201. The Morgan fingerprint density at radius 1 is 1.27 bits per heavy atom. The van der Waals surface area contributed by atoms with Crippen molar-refractivity contribution in [1.29, 1.82) is 0 Å². The van der Waals surface area contributed by atoms with Gasteiger partial charge in [-0.1, -0.05) is 24.5 Å². The molecule has 15 heavy (non-hydrogen) atoms. The van der Waals surface area contributed by atoms with Gasteiger partial charge in [0.05, 0.1) is 12.1 Å². The molecule has 0 saturated heterocycles. The van der Waals surface area contributed by atoms with Crippen LogP contribution in [0.3, 0.4) is 0 Å². The van der Waals surface area contributed by atoms with Crippen molar-refractivity contribution in [1.82, 2.24) is 5.32 Å². The van der Waals surface area contributed by atoms with Gasteiger partial charge in [0.2, 0.25) is 0 Å². The lowest BCUT2D eigenvalue weighted by atomic mass is 9.92. The van der Waals surface area contributed by atoms with Crippen LogP contribution in [0, 0.1) is 0 Å². The molecule has 0 aromatic carbocycles. The molecule has 2 atom stereocenters. The molecule has 0 aromatic heterocycles. The van der Waals surface area contributed by atoms with Gasteiger partial charge in [-0.2, -0.15) is 0 Å². The molecule has 88 valence electrons. The Balaban J connectivity index is 2.62. The molecule has 0 aromatic rings. The number of hydrogen-bond donors (Lipinski definition) is 1. The predicted molar refractivity (Wildman–Crippen MR) is 65.1 cm³/mol. The van der Waals surface area contributed by atoms with Crippen molar-refractivity contribution in [3.63, 3.8) is 0 Å². The highest BCUT2D eigenvalue weighted by atomic mass is 16.5. The summed E-state index contributed by atoms with van der Waals surface area (Å²) in [4.78, 5) is 0. The van der Waals surface area contributed by atoms with E-state index in [1.807, 2.05) is 7.05 Å². The minimum Gasteiger partial charge on any atom is -0.380 e. The Morgan fingerprint density at radius 2 is 2.00 bits per heavy atom. The van der Waals surface area contributed by atoms with E-state index < -0.39 is 0 Å². The first-order valence-electron chi connectivity index (χ1n) is 6.18. The average Bonchev–Trinajstić information content (AvgIpc) is 2.21. The lowest BCUT2D eigenvalue weighted by Crippen LogP contribution is -2.38. The maximum atomic E-state index is 5.43. The zero-order valence-electron chi connectivity index (χ0n) is 10.4. The summed E-state index contributed by atoms with van der Waals surface area (Å²) in [6, 6.07) is 0.396. The molecular weight excluding hydrogens is 186 g/mol. The molecule has 1 N–H and O–H groups in total. The zero-order valence-corrected chi connectivity index (χ0v) is 10.4. The van der Waals surface area contributed by atoms with Crippen molar-refractivity contribution in [3.05, 3.63) is 11.6 Å². The average molecular weight is 211 g/mol. The topological polar surface area (TPSA) is 21.3 Å². The van der Waals surface area contributed by atoms with Crippen molar-refractivity contribution in [2.24, 2.45) is 0 Å². The second kappa shape index (κ2) is 7.02. The van der Waals surface area contributed by atoms with Crippen LogP contribution >= 0.6 is 0 Å². The monoisotopic (exact) mass is 211 g/mol. The fourth-order valence-electron chi connectivity index (χ4n) is 2.36. The van der Waals surface area contributed by atoms with Crippen LogP contribution in [-0.4, -0.2) is 26.3 Å². The van der Waals surface area contributed by atoms with Gasteiger partial charge in [0, 0.05) is 7.11 Å². The molecule has 0 radical (unpaired) electrons. The maximum absolute atomic E-state index is 5.43. The van der Waals surface area contributed by atoms with E-state index in [2.05, 4.69) is 18.3 Å². The highest BCUT2D eigenvalue weighted by molar-refractivity contribution is 5.13.